The molecule has 22 heavy (non-hydrogen) atoms. The topological polar surface area (TPSA) is 114 Å². The van der Waals surface area contributed by atoms with Crippen molar-refractivity contribution in [3.05, 3.63) is 6.33 Å². The van der Waals surface area contributed by atoms with Crippen LogP contribution in [0.2, 0.25) is 0 Å². The van der Waals surface area contributed by atoms with Crippen LogP contribution >= 0.6 is 0 Å². The molecular weight excluding hydrogens is 286 g/mol. The van der Waals surface area contributed by atoms with Crippen LogP contribution in [0.5, 0.6) is 0 Å². The van der Waals surface area contributed by atoms with Crippen molar-refractivity contribution in [3.63, 3.8) is 0 Å². The molecule has 0 aromatic carbocycles. The Morgan fingerprint density at radius 2 is 2.23 bits per heavy atom. The number of methoxy groups -OCH3 is 1. The third-order valence-electron chi connectivity index (χ3n) is 3.82. The lowest BCUT2D eigenvalue weighted by Gasteiger charge is -2.31. The lowest BCUT2D eigenvalue weighted by atomic mass is 9.97. The SMILES string of the molecule is COCCCNc1ncnc(N2CCC(C(=O)O)CC2)c1N. The van der Waals surface area contributed by atoms with Crippen molar-refractivity contribution in [2.45, 2.75) is 19.3 Å². The minimum atomic E-state index is -0.726. The Balaban J connectivity index is 1.98. The third kappa shape index (κ3) is 3.97. The number of carboxylic acid groups (broad SMARTS) is 1. The standard InChI is InChI=1S/C14H23N5O3/c1-22-8-2-5-16-12-11(15)13(18-9-17-12)19-6-3-10(4-7-19)14(20)21/h9-10H,2-8,15H2,1H3,(H,20,21)(H,16,17,18). The highest BCUT2D eigenvalue weighted by molar-refractivity contribution is 5.75. The van der Waals surface area contributed by atoms with Gasteiger partial charge in [0.1, 0.15) is 12.0 Å². The van der Waals surface area contributed by atoms with E-state index in [2.05, 4.69) is 15.3 Å². The van der Waals surface area contributed by atoms with Gasteiger partial charge >= 0.3 is 5.97 Å². The average molecular weight is 309 g/mol. The maximum atomic E-state index is 11.0. The maximum absolute atomic E-state index is 11.0. The molecule has 1 aromatic rings. The molecule has 0 spiro atoms. The molecule has 122 valence electrons. The second kappa shape index (κ2) is 7.79. The zero-order chi connectivity index (χ0) is 15.9. The van der Waals surface area contributed by atoms with Crippen molar-refractivity contribution < 1.29 is 14.6 Å². The maximum Gasteiger partial charge on any atom is 0.306 e. The lowest BCUT2D eigenvalue weighted by molar-refractivity contribution is -0.142. The molecule has 0 saturated carbocycles. The van der Waals surface area contributed by atoms with Crippen LogP contribution < -0.4 is 16.0 Å². The minimum absolute atomic E-state index is 0.272. The van der Waals surface area contributed by atoms with E-state index in [4.69, 9.17) is 15.6 Å². The first-order valence-electron chi connectivity index (χ1n) is 7.44. The van der Waals surface area contributed by atoms with Gasteiger partial charge in [0.05, 0.1) is 5.92 Å². The van der Waals surface area contributed by atoms with Crippen LogP contribution in [0.4, 0.5) is 17.3 Å². The monoisotopic (exact) mass is 309 g/mol. The van der Waals surface area contributed by atoms with Crippen LogP contribution in [0.25, 0.3) is 0 Å². The van der Waals surface area contributed by atoms with Gasteiger partial charge in [0.25, 0.3) is 0 Å². The number of nitrogens with one attached hydrogen (secondary N) is 1. The number of rotatable bonds is 7. The fourth-order valence-electron chi connectivity index (χ4n) is 2.54. The van der Waals surface area contributed by atoms with E-state index in [1.54, 1.807) is 7.11 Å². The first-order chi connectivity index (χ1) is 10.6. The number of nitrogen functional groups attached to an aromatic ring is 1. The fraction of sp³-hybridized carbons (Fsp3) is 0.643. The highest BCUT2D eigenvalue weighted by Gasteiger charge is 2.26. The molecule has 1 saturated heterocycles. The Bertz CT molecular complexity index is 503. The predicted octanol–water partition coefficient (Wildman–Crippen LogP) is 0.808. The van der Waals surface area contributed by atoms with Gasteiger partial charge in [-0.15, -0.1) is 0 Å². The Morgan fingerprint density at radius 3 is 2.86 bits per heavy atom. The highest BCUT2D eigenvalue weighted by Crippen LogP contribution is 2.29. The molecule has 0 radical (unpaired) electrons. The number of piperidine rings is 1. The van der Waals surface area contributed by atoms with Gasteiger partial charge < -0.3 is 25.8 Å². The minimum Gasteiger partial charge on any atom is -0.481 e. The molecule has 0 amide bonds. The van der Waals surface area contributed by atoms with Gasteiger partial charge in [0, 0.05) is 33.4 Å². The van der Waals surface area contributed by atoms with E-state index in [0.717, 1.165) is 13.0 Å². The summed E-state index contributed by atoms with van der Waals surface area (Å²) in [6.07, 6.45) is 3.55. The molecule has 8 nitrogen and oxygen atoms in total. The number of anilines is 3. The molecule has 2 heterocycles. The summed E-state index contributed by atoms with van der Waals surface area (Å²) in [6.45, 7) is 2.67. The zero-order valence-electron chi connectivity index (χ0n) is 12.8. The number of carbonyl (C=O) groups is 1. The van der Waals surface area contributed by atoms with Crippen molar-refractivity contribution in [3.8, 4) is 0 Å². The van der Waals surface area contributed by atoms with Crippen LogP contribution in [-0.4, -0.2) is 54.4 Å². The number of ether oxygens (including phenoxy) is 1. The molecule has 0 aliphatic carbocycles. The molecule has 1 aromatic heterocycles. The fourth-order valence-corrected chi connectivity index (χ4v) is 2.54. The van der Waals surface area contributed by atoms with Crippen LogP contribution in [-0.2, 0) is 9.53 Å². The number of hydrogen-bond donors (Lipinski definition) is 3. The number of nitrogens with two attached hydrogens (primary N) is 1. The first-order valence-corrected chi connectivity index (χ1v) is 7.44. The van der Waals surface area contributed by atoms with E-state index in [1.165, 1.54) is 6.33 Å². The van der Waals surface area contributed by atoms with E-state index in [1.807, 2.05) is 4.90 Å². The van der Waals surface area contributed by atoms with Crippen LogP contribution in [0.3, 0.4) is 0 Å². The Hall–Kier alpha value is -2.09. The third-order valence-corrected chi connectivity index (χ3v) is 3.82. The summed E-state index contributed by atoms with van der Waals surface area (Å²) in [6, 6.07) is 0. The molecule has 1 aliphatic heterocycles. The van der Waals surface area contributed by atoms with E-state index >= 15 is 0 Å². The van der Waals surface area contributed by atoms with E-state index in [-0.39, 0.29) is 5.92 Å². The quantitative estimate of drug-likeness (QED) is 0.634. The summed E-state index contributed by atoms with van der Waals surface area (Å²) in [7, 11) is 1.66. The summed E-state index contributed by atoms with van der Waals surface area (Å²) < 4.78 is 5.00. The van der Waals surface area contributed by atoms with Gasteiger partial charge in [-0.1, -0.05) is 0 Å². The van der Waals surface area contributed by atoms with Crippen molar-refractivity contribution in [2.24, 2.45) is 5.92 Å². The van der Waals surface area contributed by atoms with Crippen molar-refractivity contribution in [1.82, 2.24) is 9.97 Å². The number of hydrogen-bond acceptors (Lipinski definition) is 7. The molecule has 2 rings (SSSR count). The number of aromatic nitrogens is 2. The molecule has 8 heteroatoms. The van der Waals surface area contributed by atoms with Crippen LogP contribution in [0.15, 0.2) is 6.33 Å². The molecule has 0 bridgehead atoms. The van der Waals surface area contributed by atoms with Crippen molar-refractivity contribution in [1.29, 1.82) is 0 Å². The molecule has 0 unspecified atom stereocenters. The first kappa shape index (κ1) is 16.3. The smallest absolute Gasteiger partial charge is 0.306 e. The van der Waals surface area contributed by atoms with E-state index in [9.17, 15) is 4.79 Å². The largest absolute Gasteiger partial charge is 0.481 e. The van der Waals surface area contributed by atoms with Gasteiger partial charge in [-0.3, -0.25) is 4.79 Å². The van der Waals surface area contributed by atoms with E-state index in [0.29, 0.717) is 49.9 Å². The van der Waals surface area contributed by atoms with Crippen molar-refractivity contribution in [2.75, 3.05) is 49.3 Å². The average Bonchev–Trinajstić information content (AvgIpc) is 2.53. The Labute approximate surface area is 129 Å². The number of nitrogens with zero attached hydrogens (tertiary/aromatic N) is 3. The second-order valence-electron chi connectivity index (χ2n) is 5.33. The van der Waals surface area contributed by atoms with E-state index < -0.39 is 5.97 Å². The Kier molecular flexibility index (Phi) is 5.76. The summed E-state index contributed by atoms with van der Waals surface area (Å²) in [4.78, 5) is 21.4. The van der Waals surface area contributed by atoms with Gasteiger partial charge in [0.2, 0.25) is 0 Å². The van der Waals surface area contributed by atoms with Crippen LogP contribution in [0, 0.1) is 5.92 Å². The lowest BCUT2D eigenvalue weighted by Crippen LogP contribution is -2.37. The summed E-state index contributed by atoms with van der Waals surface area (Å²) in [5.41, 5.74) is 6.65. The molecular formula is C14H23N5O3. The van der Waals surface area contributed by atoms with Gasteiger partial charge in [-0.2, -0.15) is 0 Å². The predicted molar refractivity (Wildman–Crippen MR) is 84.0 cm³/mol. The zero-order valence-corrected chi connectivity index (χ0v) is 12.8. The highest BCUT2D eigenvalue weighted by atomic mass is 16.5. The molecule has 1 aliphatic rings. The van der Waals surface area contributed by atoms with Gasteiger partial charge in [-0.05, 0) is 19.3 Å². The van der Waals surface area contributed by atoms with Crippen LogP contribution in [0.1, 0.15) is 19.3 Å². The number of aliphatic carboxylic acids is 1. The molecule has 1 fully saturated rings. The van der Waals surface area contributed by atoms with Gasteiger partial charge in [0.15, 0.2) is 11.6 Å². The number of carboxylic acids is 1. The normalized spacial score (nSPS) is 15.8. The molecule has 0 atom stereocenters. The Morgan fingerprint density at radius 1 is 1.50 bits per heavy atom. The van der Waals surface area contributed by atoms with Crippen molar-refractivity contribution >= 4 is 23.3 Å². The van der Waals surface area contributed by atoms with Gasteiger partial charge in [-0.25, -0.2) is 9.97 Å². The molecule has 4 N–H and O–H groups in total. The second-order valence-corrected chi connectivity index (χ2v) is 5.33. The summed E-state index contributed by atoms with van der Waals surface area (Å²) >= 11 is 0. The summed E-state index contributed by atoms with van der Waals surface area (Å²) in [5.74, 6) is 0.288. The summed E-state index contributed by atoms with van der Waals surface area (Å²) in [5, 5.41) is 12.2.